The van der Waals surface area contributed by atoms with E-state index in [1.807, 2.05) is 0 Å². The first-order valence-corrected chi connectivity index (χ1v) is 4.00. The normalized spacial score (nSPS) is 34.5. The minimum Gasteiger partial charge on any atom is -0.481 e. The molecule has 1 rings (SSSR count). The Morgan fingerprint density at radius 3 is 2.75 bits per heavy atom. The minimum atomic E-state index is -2.07. The average Bonchev–Trinajstić information content (AvgIpc) is 1.82. The van der Waals surface area contributed by atoms with Crippen LogP contribution in [0.2, 0.25) is 0 Å². The van der Waals surface area contributed by atoms with Crippen molar-refractivity contribution in [3.05, 3.63) is 23.9 Å². The Balaban J connectivity index is 3.03. The molecule has 1 aliphatic carbocycles. The zero-order valence-electron chi connectivity index (χ0n) is 6.00. The molecule has 0 fully saturated rings. The summed E-state index contributed by atoms with van der Waals surface area (Å²) >= 11 is 2.64. The largest absolute Gasteiger partial charge is 0.481 e. The Labute approximate surface area is 76.9 Å². The monoisotopic (exact) mass is 235 g/mol. The maximum absolute atomic E-state index is 13.4. The number of halogens is 2. The highest BCUT2D eigenvalue weighted by atomic mass is 79.9. The van der Waals surface area contributed by atoms with E-state index < -0.39 is 16.5 Å². The highest BCUT2D eigenvalue weighted by molar-refractivity contribution is 9.10. The third kappa shape index (κ3) is 1.50. The molecule has 12 heavy (non-hydrogen) atoms. The summed E-state index contributed by atoms with van der Waals surface area (Å²) < 4.78 is 11.3. The van der Waals surface area contributed by atoms with Crippen LogP contribution < -0.4 is 5.73 Å². The molecule has 0 bridgehead atoms. The van der Waals surface area contributed by atoms with Crippen LogP contribution in [0.15, 0.2) is 23.9 Å². The Kier molecular flexibility index (Phi) is 2.23. The number of hydrogen-bond acceptors (Lipinski definition) is 2. The van der Waals surface area contributed by atoms with Crippen molar-refractivity contribution in [1.82, 2.24) is 0 Å². The predicted molar refractivity (Wildman–Crippen MR) is 45.3 cm³/mol. The van der Waals surface area contributed by atoms with Gasteiger partial charge < -0.3 is 10.8 Å². The highest BCUT2D eigenvalue weighted by Crippen LogP contribution is 2.37. The van der Waals surface area contributed by atoms with Crippen LogP contribution in [-0.4, -0.2) is 15.7 Å². The molecule has 0 aromatic rings. The standard InChI is InChI=1S/C7H7BrFNO2/c8-7(9)3-1-2-4(10)5(7)6(11)12/h1-3,5H,10H2,(H,11,12). The molecule has 66 valence electrons. The zero-order chi connectivity index (χ0) is 9.35. The summed E-state index contributed by atoms with van der Waals surface area (Å²) in [4.78, 5) is 10.6. The number of carbonyl (C=O) groups is 1. The Morgan fingerprint density at radius 1 is 1.83 bits per heavy atom. The summed E-state index contributed by atoms with van der Waals surface area (Å²) in [5, 5.41) is 8.62. The van der Waals surface area contributed by atoms with Gasteiger partial charge in [-0.15, -0.1) is 0 Å². The maximum Gasteiger partial charge on any atom is 0.317 e. The summed E-state index contributed by atoms with van der Waals surface area (Å²) in [6, 6.07) is 0. The van der Waals surface area contributed by atoms with Crippen molar-refractivity contribution < 1.29 is 14.3 Å². The summed E-state index contributed by atoms with van der Waals surface area (Å²) in [6.45, 7) is 0. The van der Waals surface area contributed by atoms with Crippen LogP contribution >= 0.6 is 15.9 Å². The number of aliphatic carboxylic acids is 1. The van der Waals surface area contributed by atoms with E-state index in [-0.39, 0.29) is 5.70 Å². The van der Waals surface area contributed by atoms with E-state index in [0.29, 0.717) is 0 Å². The van der Waals surface area contributed by atoms with E-state index in [4.69, 9.17) is 10.8 Å². The van der Waals surface area contributed by atoms with Crippen molar-refractivity contribution >= 4 is 21.9 Å². The van der Waals surface area contributed by atoms with E-state index in [1.54, 1.807) is 0 Å². The molecule has 0 heterocycles. The van der Waals surface area contributed by atoms with Gasteiger partial charge in [0, 0.05) is 5.70 Å². The van der Waals surface area contributed by atoms with Gasteiger partial charge in [0.15, 0.2) is 0 Å². The Hall–Kier alpha value is -0.840. The molecule has 0 saturated carbocycles. The predicted octanol–water partition coefficient (Wildman–Crippen LogP) is 1.16. The summed E-state index contributed by atoms with van der Waals surface area (Å²) in [7, 11) is 0. The van der Waals surface area contributed by atoms with E-state index in [9.17, 15) is 9.18 Å². The lowest BCUT2D eigenvalue weighted by molar-refractivity contribution is -0.142. The number of nitrogens with two attached hydrogens (primary N) is 1. The van der Waals surface area contributed by atoms with Crippen LogP contribution in [0.3, 0.4) is 0 Å². The van der Waals surface area contributed by atoms with Gasteiger partial charge >= 0.3 is 5.97 Å². The fraction of sp³-hybridized carbons (Fsp3) is 0.286. The van der Waals surface area contributed by atoms with Gasteiger partial charge in [0.25, 0.3) is 0 Å². The van der Waals surface area contributed by atoms with Gasteiger partial charge in [0.2, 0.25) is 4.58 Å². The molecule has 0 amide bonds. The molecule has 0 aromatic heterocycles. The first-order chi connectivity index (χ1) is 5.45. The van der Waals surface area contributed by atoms with Crippen LogP contribution in [0, 0.1) is 5.92 Å². The Bertz CT molecular complexity index is 273. The summed E-state index contributed by atoms with van der Waals surface area (Å²) in [5.74, 6) is -2.63. The van der Waals surface area contributed by atoms with Gasteiger partial charge in [-0.2, -0.15) is 0 Å². The number of rotatable bonds is 1. The quantitative estimate of drug-likeness (QED) is 0.671. The number of carboxylic acids is 1. The van der Waals surface area contributed by atoms with Crippen molar-refractivity contribution in [2.24, 2.45) is 11.7 Å². The van der Waals surface area contributed by atoms with Gasteiger partial charge in [-0.3, -0.25) is 4.79 Å². The van der Waals surface area contributed by atoms with Gasteiger partial charge in [-0.1, -0.05) is 6.08 Å². The summed E-state index contributed by atoms with van der Waals surface area (Å²) in [6.07, 6.45) is 3.86. The topological polar surface area (TPSA) is 63.3 Å². The molecule has 0 spiro atoms. The second-order valence-electron chi connectivity index (χ2n) is 2.47. The van der Waals surface area contributed by atoms with Crippen molar-refractivity contribution in [1.29, 1.82) is 0 Å². The van der Waals surface area contributed by atoms with Gasteiger partial charge in [0.05, 0.1) is 0 Å². The zero-order valence-corrected chi connectivity index (χ0v) is 7.58. The van der Waals surface area contributed by atoms with E-state index in [0.717, 1.165) is 6.08 Å². The van der Waals surface area contributed by atoms with Crippen LogP contribution in [0.25, 0.3) is 0 Å². The second kappa shape index (κ2) is 2.90. The molecule has 0 aromatic carbocycles. The molecule has 1 aliphatic rings. The summed E-state index contributed by atoms with van der Waals surface area (Å²) in [5.41, 5.74) is 5.32. The van der Waals surface area contributed by atoms with Crippen LogP contribution in [0.1, 0.15) is 0 Å². The maximum atomic E-state index is 13.4. The van der Waals surface area contributed by atoms with Crippen molar-refractivity contribution in [2.45, 2.75) is 4.58 Å². The molecule has 3 N–H and O–H groups in total. The lowest BCUT2D eigenvalue weighted by atomic mass is 9.95. The first kappa shape index (κ1) is 9.25. The third-order valence-electron chi connectivity index (χ3n) is 1.57. The smallest absolute Gasteiger partial charge is 0.317 e. The second-order valence-corrected chi connectivity index (χ2v) is 3.69. The van der Waals surface area contributed by atoms with Crippen LogP contribution in [0.5, 0.6) is 0 Å². The van der Waals surface area contributed by atoms with E-state index in [1.165, 1.54) is 12.2 Å². The molecule has 3 nitrogen and oxygen atoms in total. The number of alkyl halides is 2. The first-order valence-electron chi connectivity index (χ1n) is 3.20. The molecule has 2 atom stereocenters. The fourth-order valence-corrected chi connectivity index (χ4v) is 1.62. The molecule has 5 heteroatoms. The SMILES string of the molecule is NC1=CC=CC(F)(Br)C1C(=O)O. The molecule has 0 radical (unpaired) electrons. The van der Waals surface area contributed by atoms with Crippen LogP contribution in [0.4, 0.5) is 4.39 Å². The van der Waals surface area contributed by atoms with E-state index >= 15 is 0 Å². The lowest BCUT2D eigenvalue weighted by Gasteiger charge is -2.25. The van der Waals surface area contributed by atoms with Gasteiger partial charge in [0.1, 0.15) is 5.92 Å². The average molecular weight is 236 g/mol. The molecular weight excluding hydrogens is 229 g/mol. The molecular formula is C7H7BrFNO2. The van der Waals surface area contributed by atoms with Gasteiger partial charge in [-0.05, 0) is 28.1 Å². The van der Waals surface area contributed by atoms with Crippen molar-refractivity contribution in [2.75, 3.05) is 0 Å². The Morgan fingerprint density at radius 2 is 2.42 bits per heavy atom. The van der Waals surface area contributed by atoms with Gasteiger partial charge in [-0.25, -0.2) is 4.39 Å². The number of allylic oxidation sites excluding steroid dienone is 3. The fourth-order valence-electron chi connectivity index (χ4n) is 1.01. The molecule has 2 unspecified atom stereocenters. The highest BCUT2D eigenvalue weighted by Gasteiger charge is 2.42. The number of hydrogen-bond donors (Lipinski definition) is 2. The van der Waals surface area contributed by atoms with Crippen molar-refractivity contribution in [3.63, 3.8) is 0 Å². The van der Waals surface area contributed by atoms with Crippen LogP contribution in [-0.2, 0) is 4.79 Å². The molecule has 0 aliphatic heterocycles. The third-order valence-corrected chi connectivity index (χ3v) is 2.29. The van der Waals surface area contributed by atoms with E-state index in [2.05, 4.69) is 15.9 Å². The number of carboxylic acid groups (broad SMARTS) is 1. The molecule has 0 saturated heterocycles. The minimum absolute atomic E-state index is 0.00405. The van der Waals surface area contributed by atoms with Crippen molar-refractivity contribution in [3.8, 4) is 0 Å². The lowest BCUT2D eigenvalue weighted by Crippen LogP contribution is -2.37.